The zero-order valence-electron chi connectivity index (χ0n) is 13.4. The van der Waals surface area contributed by atoms with Crippen molar-refractivity contribution in [3.8, 4) is 5.75 Å². The molecule has 0 atom stereocenters. The summed E-state index contributed by atoms with van der Waals surface area (Å²) in [7, 11) is 1.71. The molecule has 3 nitrogen and oxygen atoms in total. The molecule has 1 fully saturated rings. The standard InChI is InChI=1S/C17H27ClN2O/c1-13(2)20(11-14-7-9-19-10-8-14)12-15-16(18)5-4-6-17(15)21-3/h4-6,13-14,19H,7-12H2,1-3H3. The van der Waals surface area contributed by atoms with Gasteiger partial charge in [-0.25, -0.2) is 0 Å². The second kappa shape index (κ2) is 8.02. The SMILES string of the molecule is COc1cccc(Cl)c1CN(CC1CCNCC1)C(C)C. The lowest BCUT2D eigenvalue weighted by molar-refractivity contribution is 0.160. The minimum absolute atomic E-state index is 0.501. The number of hydrogen-bond donors (Lipinski definition) is 1. The van der Waals surface area contributed by atoms with Crippen LogP contribution in [0.1, 0.15) is 32.3 Å². The fraction of sp³-hybridized carbons (Fsp3) is 0.647. The predicted octanol–water partition coefficient (Wildman–Crippen LogP) is 3.56. The Hall–Kier alpha value is -0.770. The molecule has 0 bridgehead atoms. The van der Waals surface area contributed by atoms with E-state index in [4.69, 9.17) is 16.3 Å². The number of nitrogens with one attached hydrogen (secondary N) is 1. The second-order valence-electron chi connectivity index (χ2n) is 6.14. The van der Waals surface area contributed by atoms with E-state index in [1.807, 2.05) is 18.2 Å². The van der Waals surface area contributed by atoms with Crippen molar-refractivity contribution in [2.45, 2.75) is 39.3 Å². The molecule has 0 amide bonds. The molecule has 0 spiro atoms. The average molecular weight is 311 g/mol. The Morgan fingerprint density at radius 2 is 2.05 bits per heavy atom. The Kier molecular flexibility index (Phi) is 6.34. The van der Waals surface area contributed by atoms with E-state index < -0.39 is 0 Å². The minimum atomic E-state index is 0.501. The molecule has 0 unspecified atom stereocenters. The summed E-state index contributed by atoms with van der Waals surface area (Å²) in [6, 6.07) is 6.38. The van der Waals surface area contributed by atoms with Gasteiger partial charge < -0.3 is 10.1 Å². The number of halogens is 1. The smallest absolute Gasteiger partial charge is 0.124 e. The first kappa shape index (κ1) is 16.6. The van der Waals surface area contributed by atoms with E-state index in [-0.39, 0.29) is 0 Å². The highest BCUT2D eigenvalue weighted by Gasteiger charge is 2.21. The van der Waals surface area contributed by atoms with Crippen molar-refractivity contribution in [1.82, 2.24) is 10.2 Å². The molecular formula is C17H27ClN2O. The molecule has 0 aliphatic carbocycles. The third-order valence-electron chi connectivity index (χ3n) is 4.34. The van der Waals surface area contributed by atoms with E-state index in [1.165, 1.54) is 12.8 Å². The number of benzene rings is 1. The van der Waals surface area contributed by atoms with Crippen LogP contribution in [-0.2, 0) is 6.54 Å². The molecule has 1 aromatic rings. The molecule has 1 saturated heterocycles. The maximum absolute atomic E-state index is 6.38. The molecular weight excluding hydrogens is 284 g/mol. The van der Waals surface area contributed by atoms with E-state index in [0.29, 0.717) is 6.04 Å². The van der Waals surface area contributed by atoms with Crippen LogP contribution >= 0.6 is 11.6 Å². The van der Waals surface area contributed by atoms with Crippen molar-refractivity contribution in [2.75, 3.05) is 26.7 Å². The van der Waals surface area contributed by atoms with Gasteiger partial charge in [-0.05, 0) is 57.8 Å². The highest BCUT2D eigenvalue weighted by atomic mass is 35.5. The highest BCUT2D eigenvalue weighted by molar-refractivity contribution is 6.31. The Morgan fingerprint density at radius 3 is 2.67 bits per heavy atom. The van der Waals surface area contributed by atoms with Crippen molar-refractivity contribution < 1.29 is 4.74 Å². The lowest BCUT2D eigenvalue weighted by atomic mass is 9.96. The summed E-state index contributed by atoms with van der Waals surface area (Å²) in [5.74, 6) is 1.67. The predicted molar refractivity (Wildman–Crippen MR) is 89.1 cm³/mol. The van der Waals surface area contributed by atoms with Crippen LogP contribution < -0.4 is 10.1 Å². The first-order valence-electron chi connectivity index (χ1n) is 7.88. The molecule has 1 aromatic carbocycles. The number of hydrogen-bond acceptors (Lipinski definition) is 3. The largest absolute Gasteiger partial charge is 0.496 e. The van der Waals surface area contributed by atoms with E-state index in [1.54, 1.807) is 7.11 Å². The lowest BCUT2D eigenvalue weighted by Crippen LogP contribution is -2.39. The summed E-state index contributed by atoms with van der Waals surface area (Å²) in [4.78, 5) is 2.51. The van der Waals surface area contributed by atoms with Gasteiger partial charge in [-0.3, -0.25) is 4.90 Å². The Morgan fingerprint density at radius 1 is 1.33 bits per heavy atom. The topological polar surface area (TPSA) is 24.5 Å². The van der Waals surface area contributed by atoms with Gasteiger partial charge in [-0.1, -0.05) is 17.7 Å². The van der Waals surface area contributed by atoms with E-state index in [2.05, 4.69) is 24.1 Å². The molecule has 1 N–H and O–H groups in total. The van der Waals surface area contributed by atoms with Gasteiger partial charge >= 0.3 is 0 Å². The third-order valence-corrected chi connectivity index (χ3v) is 4.69. The first-order chi connectivity index (χ1) is 10.1. The molecule has 1 heterocycles. The fourth-order valence-electron chi connectivity index (χ4n) is 2.94. The van der Waals surface area contributed by atoms with Crippen LogP contribution in [0.15, 0.2) is 18.2 Å². The fourth-order valence-corrected chi connectivity index (χ4v) is 3.17. The normalized spacial score (nSPS) is 16.7. The summed E-state index contributed by atoms with van der Waals surface area (Å²) < 4.78 is 5.48. The van der Waals surface area contributed by atoms with Crippen LogP contribution in [0.5, 0.6) is 5.75 Å². The van der Waals surface area contributed by atoms with Crippen LogP contribution in [0, 0.1) is 5.92 Å². The quantitative estimate of drug-likeness (QED) is 0.869. The zero-order valence-corrected chi connectivity index (χ0v) is 14.1. The van der Waals surface area contributed by atoms with Gasteiger partial charge in [-0.2, -0.15) is 0 Å². The Labute approximate surface area is 133 Å². The van der Waals surface area contributed by atoms with Gasteiger partial charge in [0.05, 0.1) is 7.11 Å². The van der Waals surface area contributed by atoms with Crippen LogP contribution in [0.25, 0.3) is 0 Å². The van der Waals surface area contributed by atoms with Crippen molar-refractivity contribution >= 4 is 11.6 Å². The van der Waals surface area contributed by atoms with Crippen LogP contribution in [0.2, 0.25) is 5.02 Å². The second-order valence-corrected chi connectivity index (χ2v) is 6.54. The minimum Gasteiger partial charge on any atom is -0.496 e. The van der Waals surface area contributed by atoms with Gasteiger partial charge in [0, 0.05) is 29.7 Å². The van der Waals surface area contributed by atoms with E-state index in [9.17, 15) is 0 Å². The lowest BCUT2D eigenvalue weighted by Gasteiger charge is -2.33. The molecule has 2 rings (SSSR count). The molecule has 1 aliphatic heterocycles. The number of nitrogens with zero attached hydrogens (tertiary/aromatic N) is 1. The number of piperidine rings is 1. The van der Waals surface area contributed by atoms with E-state index in [0.717, 1.165) is 48.4 Å². The molecule has 0 aromatic heterocycles. The maximum Gasteiger partial charge on any atom is 0.124 e. The van der Waals surface area contributed by atoms with Crippen molar-refractivity contribution in [1.29, 1.82) is 0 Å². The van der Waals surface area contributed by atoms with Crippen molar-refractivity contribution in [3.05, 3.63) is 28.8 Å². The summed E-state index contributed by atoms with van der Waals surface area (Å²) in [6.07, 6.45) is 2.53. The summed E-state index contributed by atoms with van der Waals surface area (Å²) in [6.45, 7) is 8.78. The first-order valence-corrected chi connectivity index (χ1v) is 8.25. The van der Waals surface area contributed by atoms with Gasteiger partial charge in [0.1, 0.15) is 5.75 Å². The van der Waals surface area contributed by atoms with Crippen LogP contribution in [0.3, 0.4) is 0 Å². The van der Waals surface area contributed by atoms with E-state index >= 15 is 0 Å². The van der Waals surface area contributed by atoms with Gasteiger partial charge in [0.2, 0.25) is 0 Å². The monoisotopic (exact) mass is 310 g/mol. The zero-order chi connectivity index (χ0) is 15.2. The van der Waals surface area contributed by atoms with Gasteiger partial charge in [0.25, 0.3) is 0 Å². The van der Waals surface area contributed by atoms with Gasteiger partial charge in [-0.15, -0.1) is 0 Å². The molecule has 118 valence electrons. The number of rotatable bonds is 6. The van der Waals surface area contributed by atoms with Gasteiger partial charge in [0.15, 0.2) is 0 Å². The molecule has 1 aliphatic rings. The average Bonchev–Trinajstić information content (AvgIpc) is 2.49. The highest BCUT2D eigenvalue weighted by Crippen LogP contribution is 2.29. The Balaban J connectivity index is 2.09. The molecule has 21 heavy (non-hydrogen) atoms. The molecule has 0 saturated carbocycles. The number of ether oxygens (including phenoxy) is 1. The summed E-state index contributed by atoms with van der Waals surface area (Å²) >= 11 is 6.38. The van der Waals surface area contributed by atoms with Crippen molar-refractivity contribution in [3.63, 3.8) is 0 Å². The maximum atomic E-state index is 6.38. The van der Waals surface area contributed by atoms with Crippen LogP contribution in [0.4, 0.5) is 0 Å². The van der Waals surface area contributed by atoms with Crippen molar-refractivity contribution in [2.24, 2.45) is 5.92 Å². The number of methoxy groups -OCH3 is 1. The Bertz CT molecular complexity index is 444. The van der Waals surface area contributed by atoms with Crippen LogP contribution in [-0.4, -0.2) is 37.7 Å². The molecule has 4 heteroatoms. The molecule has 0 radical (unpaired) electrons. The summed E-state index contributed by atoms with van der Waals surface area (Å²) in [5, 5.41) is 4.23. The third kappa shape index (κ3) is 4.60. The summed E-state index contributed by atoms with van der Waals surface area (Å²) in [5.41, 5.74) is 1.10.